The minimum absolute atomic E-state index is 0.411. The van der Waals surface area contributed by atoms with Crippen molar-refractivity contribution in [2.45, 2.75) is 5.41 Å². The number of benzene rings is 10. The highest BCUT2D eigenvalue weighted by atomic mass is 15.0. The summed E-state index contributed by atoms with van der Waals surface area (Å²) in [5, 5.41) is 4.59. The average Bonchev–Trinajstić information content (AvgIpc) is 4.00. The van der Waals surface area contributed by atoms with Crippen LogP contribution in [-0.4, -0.2) is 19.5 Å². The van der Waals surface area contributed by atoms with E-state index in [0.29, 0.717) is 17.5 Å². The molecule has 4 nitrogen and oxygen atoms in total. The van der Waals surface area contributed by atoms with Gasteiger partial charge in [-0.3, -0.25) is 0 Å². The van der Waals surface area contributed by atoms with Crippen LogP contribution in [0.25, 0.3) is 106 Å². The standard InChI is InChI=1S/C62H38N4/c1-3-17-39(18-4-1)59-63-60(40-19-5-2-6-20-40)65-61(64-59)52-38-44(35-43-21-7-8-22-45(43)52)66-57-30-16-12-26-50(57)51-34-32-42(37-58(51)66)41-31-33-49-48-25-11-15-29-55(48)62(56(49)36-41)53-27-13-9-23-46(53)47-24-10-14-28-54(47)62/h1-38H. The average molecular weight is 839 g/mol. The van der Waals surface area contributed by atoms with Gasteiger partial charge in [-0.05, 0) is 96.7 Å². The first kappa shape index (κ1) is 36.7. The highest BCUT2D eigenvalue weighted by molar-refractivity contribution is 6.11. The molecule has 10 aromatic carbocycles. The Morgan fingerprint density at radius 1 is 0.288 bits per heavy atom. The molecule has 14 rings (SSSR count). The van der Waals surface area contributed by atoms with Gasteiger partial charge >= 0.3 is 0 Å². The number of aromatic nitrogens is 4. The summed E-state index contributed by atoms with van der Waals surface area (Å²) < 4.78 is 2.43. The van der Waals surface area contributed by atoms with E-state index >= 15 is 0 Å². The fraction of sp³-hybridized carbons (Fsp3) is 0.0161. The van der Waals surface area contributed by atoms with Crippen LogP contribution in [-0.2, 0) is 5.41 Å². The number of hydrogen-bond donors (Lipinski definition) is 0. The lowest BCUT2D eigenvalue weighted by Crippen LogP contribution is -2.25. The van der Waals surface area contributed by atoms with Gasteiger partial charge in [0.05, 0.1) is 16.4 Å². The van der Waals surface area contributed by atoms with Crippen molar-refractivity contribution in [2.24, 2.45) is 0 Å². The topological polar surface area (TPSA) is 43.6 Å². The second-order valence-electron chi connectivity index (χ2n) is 17.5. The van der Waals surface area contributed by atoms with Crippen LogP contribution in [0.1, 0.15) is 22.3 Å². The van der Waals surface area contributed by atoms with Gasteiger partial charge in [-0.1, -0.05) is 200 Å². The molecule has 0 unspecified atom stereocenters. The van der Waals surface area contributed by atoms with E-state index in [2.05, 4.69) is 199 Å². The van der Waals surface area contributed by atoms with Crippen molar-refractivity contribution in [1.29, 1.82) is 0 Å². The van der Waals surface area contributed by atoms with Gasteiger partial charge in [0.15, 0.2) is 17.5 Å². The molecular formula is C62H38N4. The molecule has 12 aromatic rings. The number of fused-ring (bicyclic) bond motifs is 14. The van der Waals surface area contributed by atoms with Crippen LogP contribution in [0.3, 0.4) is 0 Å². The Bertz CT molecular complexity index is 3820. The first-order valence-corrected chi connectivity index (χ1v) is 22.6. The molecule has 0 atom stereocenters. The monoisotopic (exact) mass is 838 g/mol. The van der Waals surface area contributed by atoms with E-state index in [-0.39, 0.29) is 0 Å². The molecule has 0 aliphatic heterocycles. The first-order valence-electron chi connectivity index (χ1n) is 22.6. The lowest BCUT2D eigenvalue weighted by atomic mass is 9.70. The Kier molecular flexibility index (Phi) is 7.87. The van der Waals surface area contributed by atoms with Crippen molar-refractivity contribution >= 4 is 32.6 Å². The Morgan fingerprint density at radius 2 is 0.773 bits per heavy atom. The molecule has 0 saturated carbocycles. The molecule has 66 heavy (non-hydrogen) atoms. The molecule has 0 amide bonds. The van der Waals surface area contributed by atoms with Crippen LogP contribution >= 0.6 is 0 Å². The zero-order valence-corrected chi connectivity index (χ0v) is 35.7. The summed E-state index contributed by atoms with van der Waals surface area (Å²) in [7, 11) is 0. The van der Waals surface area contributed by atoms with Crippen LogP contribution in [0.2, 0.25) is 0 Å². The quantitative estimate of drug-likeness (QED) is 0.173. The second-order valence-corrected chi connectivity index (χ2v) is 17.5. The van der Waals surface area contributed by atoms with Crippen molar-refractivity contribution in [1.82, 2.24) is 19.5 Å². The second kappa shape index (κ2) is 14.1. The molecule has 0 bridgehead atoms. The lowest BCUT2D eigenvalue weighted by molar-refractivity contribution is 0.794. The Morgan fingerprint density at radius 3 is 1.42 bits per heavy atom. The third kappa shape index (κ3) is 5.24. The van der Waals surface area contributed by atoms with E-state index in [4.69, 9.17) is 15.0 Å². The summed E-state index contributed by atoms with van der Waals surface area (Å²) in [5.74, 6) is 1.91. The van der Waals surface area contributed by atoms with E-state index in [1.54, 1.807) is 0 Å². The van der Waals surface area contributed by atoms with Gasteiger partial charge < -0.3 is 4.57 Å². The number of nitrogens with zero attached hydrogens (tertiary/aromatic N) is 4. The molecule has 2 heterocycles. The molecular weight excluding hydrogens is 801 g/mol. The normalized spacial score (nSPS) is 13.0. The smallest absolute Gasteiger partial charge is 0.164 e. The maximum absolute atomic E-state index is 5.22. The highest BCUT2D eigenvalue weighted by Gasteiger charge is 2.51. The minimum atomic E-state index is -0.411. The Labute approximate surface area is 381 Å². The van der Waals surface area contributed by atoms with Crippen molar-refractivity contribution in [3.05, 3.63) is 253 Å². The van der Waals surface area contributed by atoms with Crippen molar-refractivity contribution in [3.63, 3.8) is 0 Å². The fourth-order valence-corrected chi connectivity index (χ4v) is 11.2. The number of para-hydroxylation sites is 1. The van der Waals surface area contributed by atoms with E-state index in [1.807, 2.05) is 36.4 Å². The summed E-state index contributed by atoms with van der Waals surface area (Å²) in [5.41, 5.74) is 18.7. The van der Waals surface area contributed by atoms with Gasteiger partial charge in [-0.15, -0.1) is 0 Å². The molecule has 0 radical (unpaired) electrons. The minimum Gasteiger partial charge on any atom is -0.309 e. The summed E-state index contributed by atoms with van der Waals surface area (Å²) in [6.45, 7) is 0. The SMILES string of the molecule is c1ccc(-c2nc(-c3ccccc3)nc(-c3cc(-n4c5ccccc5c5ccc(-c6ccc7c(c6)C6(c8ccccc8-c8ccccc86)c6ccccc6-7)cc54)cc4ccccc34)n2)cc1. The largest absolute Gasteiger partial charge is 0.309 e. The molecule has 4 heteroatoms. The summed E-state index contributed by atoms with van der Waals surface area (Å²) in [6, 6.07) is 83.5. The molecule has 2 aromatic heterocycles. The van der Waals surface area contributed by atoms with Gasteiger partial charge in [0.25, 0.3) is 0 Å². The summed E-state index contributed by atoms with van der Waals surface area (Å²) >= 11 is 0. The Hall–Kier alpha value is -8.73. The van der Waals surface area contributed by atoms with Crippen LogP contribution in [0.4, 0.5) is 0 Å². The van der Waals surface area contributed by atoms with Gasteiger partial charge in [-0.2, -0.15) is 0 Å². The molecule has 1 spiro atoms. The number of rotatable bonds is 5. The van der Waals surface area contributed by atoms with Crippen LogP contribution < -0.4 is 0 Å². The van der Waals surface area contributed by atoms with Crippen LogP contribution in [0.15, 0.2) is 231 Å². The van der Waals surface area contributed by atoms with E-state index < -0.39 is 5.41 Å². The highest BCUT2D eigenvalue weighted by Crippen LogP contribution is 2.63. The van der Waals surface area contributed by atoms with Gasteiger partial charge in [0.1, 0.15) is 0 Å². The van der Waals surface area contributed by atoms with Gasteiger partial charge in [-0.25, -0.2) is 15.0 Å². The predicted octanol–water partition coefficient (Wildman–Crippen LogP) is 15.1. The maximum atomic E-state index is 5.22. The molecule has 2 aliphatic carbocycles. The van der Waals surface area contributed by atoms with Crippen LogP contribution in [0.5, 0.6) is 0 Å². The van der Waals surface area contributed by atoms with E-state index in [9.17, 15) is 0 Å². The molecule has 0 N–H and O–H groups in total. The predicted molar refractivity (Wildman–Crippen MR) is 270 cm³/mol. The maximum Gasteiger partial charge on any atom is 0.164 e. The van der Waals surface area contributed by atoms with E-state index in [1.165, 1.54) is 66.4 Å². The summed E-state index contributed by atoms with van der Waals surface area (Å²) in [4.78, 5) is 15.5. The zero-order valence-electron chi connectivity index (χ0n) is 35.7. The first-order chi connectivity index (χ1) is 32.7. The van der Waals surface area contributed by atoms with Crippen molar-refractivity contribution < 1.29 is 0 Å². The zero-order chi connectivity index (χ0) is 43.3. The Balaban J connectivity index is 0.988. The fourth-order valence-electron chi connectivity index (χ4n) is 11.2. The van der Waals surface area contributed by atoms with Crippen LogP contribution in [0, 0.1) is 0 Å². The van der Waals surface area contributed by atoms with Crippen molar-refractivity contribution in [3.8, 4) is 73.2 Å². The lowest BCUT2D eigenvalue weighted by Gasteiger charge is -2.30. The number of hydrogen-bond acceptors (Lipinski definition) is 3. The van der Waals surface area contributed by atoms with E-state index in [0.717, 1.165) is 44.2 Å². The molecule has 0 fully saturated rings. The van der Waals surface area contributed by atoms with Gasteiger partial charge in [0.2, 0.25) is 0 Å². The van der Waals surface area contributed by atoms with Crippen molar-refractivity contribution in [2.75, 3.05) is 0 Å². The molecule has 2 aliphatic rings. The third-order valence-electron chi connectivity index (χ3n) is 14.0. The molecule has 306 valence electrons. The third-order valence-corrected chi connectivity index (χ3v) is 14.0. The molecule has 0 saturated heterocycles. The summed E-state index contributed by atoms with van der Waals surface area (Å²) in [6.07, 6.45) is 0. The van der Waals surface area contributed by atoms with Gasteiger partial charge in [0, 0.05) is 33.2 Å².